The minimum absolute atomic E-state index is 0.135. The number of nitro groups is 1. The highest BCUT2D eigenvalue weighted by atomic mass is 16.6. The molecule has 0 saturated carbocycles. The molecule has 0 bridgehead atoms. The second-order valence-electron chi connectivity index (χ2n) is 3.07. The van der Waals surface area contributed by atoms with Crippen LogP contribution in [-0.2, 0) is 9.53 Å². The summed E-state index contributed by atoms with van der Waals surface area (Å²) < 4.78 is 9.30. The lowest BCUT2D eigenvalue weighted by Gasteiger charge is -2.07. The lowest BCUT2D eigenvalue weighted by Crippen LogP contribution is -2.15. The third-order valence-corrected chi connectivity index (χ3v) is 2.05. The number of carbonyl (C=O) groups excluding carboxylic acids is 1. The number of hydrogen-bond donors (Lipinski definition) is 1. The average molecular weight is 240 g/mol. The van der Waals surface area contributed by atoms with Gasteiger partial charge in [-0.1, -0.05) is 0 Å². The number of rotatable bonds is 5. The molecule has 0 heterocycles. The molecule has 0 amide bonds. The first kappa shape index (κ1) is 12.8. The second kappa shape index (κ2) is 5.69. The Balaban J connectivity index is 2.90. The minimum Gasteiger partial charge on any atom is -0.496 e. The SMILES string of the molecule is COC(=O)CNc1ccc(OC)cc1[N+](=O)[O-]. The summed E-state index contributed by atoms with van der Waals surface area (Å²) in [6, 6.07) is 4.31. The van der Waals surface area contributed by atoms with Crippen LogP contribution in [0.15, 0.2) is 18.2 Å². The molecule has 1 rings (SSSR count). The number of esters is 1. The van der Waals surface area contributed by atoms with Crippen molar-refractivity contribution in [2.24, 2.45) is 0 Å². The predicted molar refractivity (Wildman–Crippen MR) is 60.2 cm³/mol. The summed E-state index contributed by atoms with van der Waals surface area (Å²) >= 11 is 0. The fourth-order valence-corrected chi connectivity index (χ4v) is 1.18. The molecule has 7 nitrogen and oxygen atoms in total. The molecule has 0 aliphatic carbocycles. The summed E-state index contributed by atoms with van der Waals surface area (Å²) in [6.45, 7) is -0.135. The summed E-state index contributed by atoms with van der Waals surface area (Å²) in [5.41, 5.74) is 0.0782. The highest BCUT2D eigenvalue weighted by Crippen LogP contribution is 2.28. The van der Waals surface area contributed by atoms with E-state index in [0.717, 1.165) is 0 Å². The molecule has 1 N–H and O–H groups in total. The van der Waals surface area contributed by atoms with E-state index in [9.17, 15) is 14.9 Å². The molecule has 0 fully saturated rings. The first-order chi connectivity index (χ1) is 8.08. The maximum Gasteiger partial charge on any atom is 0.325 e. The highest BCUT2D eigenvalue weighted by molar-refractivity contribution is 5.76. The van der Waals surface area contributed by atoms with Crippen LogP contribution in [0.3, 0.4) is 0 Å². The number of carbonyl (C=O) groups is 1. The summed E-state index contributed by atoms with van der Waals surface area (Å²) in [4.78, 5) is 21.2. The third-order valence-electron chi connectivity index (χ3n) is 2.05. The van der Waals surface area contributed by atoms with Crippen molar-refractivity contribution >= 4 is 17.3 Å². The van der Waals surface area contributed by atoms with Crippen LogP contribution in [0.25, 0.3) is 0 Å². The molecule has 7 heteroatoms. The fourth-order valence-electron chi connectivity index (χ4n) is 1.18. The zero-order valence-corrected chi connectivity index (χ0v) is 9.43. The first-order valence-corrected chi connectivity index (χ1v) is 4.71. The van der Waals surface area contributed by atoms with Gasteiger partial charge >= 0.3 is 5.97 Å². The maximum absolute atomic E-state index is 10.9. The molecule has 17 heavy (non-hydrogen) atoms. The number of hydrogen-bond acceptors (Lipinski definition) is 6. The molecule has 0 unspecified atom stereocenters. The van der Waals surface area contributed by atoms with Gasteiger partial charge in [0.1, 0.15) is 18.0 Å². The Morgan fingerprint density at radius 3 is 2.71 bits per heavy atom. The van der Waals surface area contributed by atoms with Crippen LogP contribution in [-0.4, -0.2) is 31.7 Å². The van der Waals surface area contributed by atoms with Crippen LogP contribution in [0.1, 0.15) is 0 Å². The smallest absolute Gasteiger partial charge is 0.325 e. The topological polar surface area (TPSA) is 90.7 Å². The Labute approximate surface area is 97.5 Å². The van der Waals surface area contributed by atoms with Crippen molar-refractivity contribution in [2.45, 2.75) is 0 Å². The van der Waals surface area contributed by atoms with E-state index in [-0.39, 0.29) is 17.9 Å². The molecule has 92 valence electrons. The summed E-state index contributed by atoms with van der Waals surface area (Å²) in [7, 11) is 2.66. The molecule has 0 aliphatic rings. The van der Waals surface area contributed by atoms with Gasteiger partial charge in [0.05, 0.1) is 25.2 Å². The fraction of sp³-hybridized carbons (Fsp3) is 0.300. The van der Waals surface area contributed by atoms with Crippen LogP contribution in [0.2, 0.25) is 0 Å². The van der Waals surface area contributed by atoms with Crippen molar-refractivity contribution < 1.29 is 19.2 Å². The number of nitro benzene ring substituents is 1. The summed E-state index contributed by atoms with van der Waals surface area (Å²) in [5, 5.41) is 13.4. The van der Waals surface area contributed by atoms with Gasteiger partial charge in [-0.15, -0.1) is 0 Å². The normalized spacial score (nSPS) is 9.53. The third kappa shape index (κ3) is 3.33. The number of ether oxygens (including phenoxy) is 2. The molecule has 0 radical (unpaired) electrons. The molecule has 1 aromatic rings. The van der Waals surface area contributed by atoms with Crippen LogP contribution in [0, 0.1) is 10.1 Å². The number of benzene rings is 1. The minimum atomic E-state index is -0.553. The predicted octanol–water partition coefficient (Wildman–Crippen LogP) is 1.19. The van der Waals surface area contributed by atoms with E-state index in [4.69, 9.17) is 4.74 Å². The molecule has 0 saturated heterocycles. The van der Waals surface area contributed by atoms with Crippen LogP contribution in [0.4, 0.5) is 11.4 Å². The Morgan fingerprint density at radius 1 is 1.47 bits per heavy atom. The Morgan fingerprint density at radius 2 is 2.18 bits per heavy atom. The van der Waals surface area contributed by atoms with Gasteiger partial charge in [0.15, 0.2) is 0 Å². The largest absolute Gasteiger partial charge is 0.496 e. The van der Waals surface area contributed by atoms with E-state index >= 15 is 0 Å². The highest BCUT2D eigenvalue weighted by Gasteiger charge is 2.15. The molecular weight excluding hydrogens is 228 g/mol. The van der Waals surface area contributed by atoms with E-state index < -0.39 is 10.9 Å². The molecule has 0 aromatic heterocycles. The quantitative estimate of drug-likeness (QED) is 0.472. The van der Waals surface area contributed by atoms with Crippen molar-refractivity contribution in [3.05, 3.63) is 28.3 Å². The monoisotopic (exact) mass is 240 g/mol. The zero-order valence-electron chi connectivity index (χ0n) is 9.43. The molecular formula is C10H12N2O5. The van der Waals surface area contributed by atoms with Crippen molar-refractivity contribution in [1.29, 1.82) is 0 Å². The summed E-state index contributed by atoms with van der Waals surface area (Å²) in [5.74, 6) is -0.129. The van der Waals surface area contributed by atoms with Crippen LogP contribution >= 0.6 is 0 Å². The van der Waals surface area contributed by atoms with E-state index in [0.29, 0.717) is 5.75 Å². The summed E-state index contributed by atoms with van der Waals surface area (Å²) in [6.07, 6.45) is 0. The van der Waals surface area contributed by atoms with Gasteiger partial charge in [-0.25, -0.2) is 0 Å². The maximum atomic E-state index is 10.9. The van der Waals surface area contributed by atoms with Crippen molar-refractivity contribution in [2.75, 3.05) is 26.1 Å². The molecule has 0 aliphatic heterocycles. The number of methoxy groups -OCH3 is 2. The number of anilines is 1. The van der Waals surface area contributed by atoms with Gasteiger partial charge in [-0.05, 0) is 12.1 Å². The van der Waals surface area contributed by atoms with Gasteiger partial charge < -0.3 is 14.8 Å². The Kier molecular flexibility index (Phi) is 4.27. The second-order valence-corrected chi connectivity index (χ2v) is 3.07. The van der Waals surface area contributed by atoms with Gasteiger partial charge in [-0.2, -0.15) is 0 Å². The molecule has 1 aromatic carbocycles. The van der Waals surface area contributed by atoms with E-state index in [1.54, 1.807) is 6.07 Å². The first-order valence-electron chi connectivity index (χ1n) is 4.71. The lowest BCUT2D eigenvalue weighted by molar-refractivity contribution is -0.384. The molecule has 0 spiro atoms. The Bertz CT molecular complexity index is 433. The zero-order chi connectivity index (χ0) is 12.8. The van der Waals surface area contributed by atoms with E-state index in [1.807, 2.05) is 0 Å². The Hall–Kier alpha value is -2.31. The van der Waals surface area contributed by atoms with E-state index in [2.05, 4.69) is 10.1 Å². The standard InChI is InChI=1S/C10H12N2O5/c1-16-7-3-4-8(9(5-7)12(14)15)11-6-10(13)17-2/h3-5,11H,6H2,1-2H3. The lowest BCUT2D eigenvalue weighted by atomic mass is 10.2. The van der Waals surface area contributed by atoms with Gasteiger partial charge in [0, 0.05) is 0 Å². The van der Waals surface area contributed by atoms with Crippen molar-refractivity contribution in [3.8, 4) is 5.75 Å². The van der Waals surface area contributed by atoms with Crippen LogP contribution < -0.4 is 10.1 Å². The van der Waals surface area contributed by atoms with Crippen molar-refractivity contribution in [3.63, 3.8) is 0 Å². The van der Waals surface area contributed by atoms with Gasteiger partial charge in [0.25, 0.3) is 5.69 Å². The van der Waals surface area contributed by atoms with Gasteiger partial charge in [-0.3, -0.25) is 14.9 Å². The van der Waals surface area contributed by atoms with Crippen molar-refractivity contribution in [1.82, 2.24) is 0 Å². The van der Waals surface area contributed by atoms with Crippen LogP contribution in [0.5, 0.6) is 5.75 Å². The average Bonchev–Trinajstić information content (AvgIpc) is 2.35. The molecule has 0 atom stereocenters. The van der Waals surface area contributed by atoms with Gasteiger partial charge in [0.2, 0.25) is 0 Å². The number of nitrogens with one attached hydrogen (secondary N) is 1. The van der Waals surface area contributed by atoms with E-state index in [1.165, 1.54) is 26.4 Å². The number of nitrogens with zero attached hydrogens (tertiary/aromatic N) is 1.